The van der Waals surface area contributed by atoms with Crippen molar-refractivity contribution in [1.82, 2.24) is 0 Å². The molecule has 0 saturated carbocycles. The third-order valence-corrected chi connectivity index (χ3v) is 13.6. The Hall–Kier alpha value is -7.16. The molecule has 0 amide bonds. The highest BCUT2D eigenvalue weighted by Gasteiger charge is 2.38. The summed E-state index contributed by atoms with van der Waals surface area (Å²) in [5.41, 5.74) is 20.5. The first-order valence-electron chi connectivity index (χ1n) is 21.1. The van der Waals surface area contributed by atoms with Gasteiger partial charge in [-0.15, -0.1) is 0 Å². The zero-order chi connectivity index (χ0) is 40.3. The van der Waals surface area contributed by atoms with Crippen molar-refractivity contribution in [2.45, 2.75) is 38.5 Å². The van der Waals surface area contributed by atoms with Crippen molar-refractivity contribution in [1.29, 1.82) is 0 Å². The Labute approximate surface area is 352 Å². The van der Waals surface area contributed by atoms with Gasteiger partial charge in [-0.3, -0.25) is 0 Å². The minimum absolute atomic E-state index is 0.140. The van der Waals surface area contributed by atoms with E-state index in [1.54, 1.807) is 0 Å². The number of hydrogen-bond acceptors (Lipinski definition) is 2. The monoisotopic (exact) mass is 769 g/mol. The number of benzene rings is 9. The van der Waals surface area contributed by atoms with Crippen molar-refractivity contribution >= 4 is 27.8 Å². The Balaban J connectivity index is 1.09. The molecule has 2 nitrogen and oxygen atoms in total. The molecule has 0 N–H and O–H groups in total. The summed E-state index contributed by atoms with van der Waals surface area (Å²) in [6.07, 6.45) is 0. The van der Waals surface area contributed by atoms with Gasteiger partial charge in [0.1, 0.15) is 11.5 Å². The Morgan fingerprint density at radius 2 is 0.800 bits per heavy atom. The second-order valence-electron chi connectivity index (χ2n) is 17.7. The molecular formula is C58H43NO. The van der Waals surface area contributed by atoms with E-state index in [9.17, 15) is 0 Å². The van der Waals surface area contributed by atoms with E-state index in [-0.39, 0.29) is 10.8 Å². The molecule has 0 unspecified atom stereocenters. The first-order chi connectivity index (χ1) is 29.3. The van der Waals surface area contributed by atoms with Gasteiger partial charge in [-0.05, 0) is 127 Å². The van der Waals surface area contributed by atoms with Crippen LogP contribution in [0, 0.1) is 0 Å². The molecule has 0 atom stereocenters. The van der Waals surface area contributed by atoms with Crippen LogP contribution in [0.3, 0.4) is 0 Å². The van der Waals surface area contributed by atoms with Crippen molar-refractivity contribution in [2.24, 2.45) is 0 Å². The minimum atomic E-state index is -0.140. The lowest BCUT2D eigenvalue weighted by Gasteiger charge is -2.30. The van der Waals surface area contributed by atoms with Crippen LogP contribution in [-0.4, -0.2) is 0 Å². The Bertz CT molecular complexity index is 3140. The van der Waals surface area contributed by atoms with Crippen molar-refractivity contribution in [3.8, 4) is 67.1 Å². The maximum Gasteiger partial charge on any atom is 0.143 e. The van der Waals surface area contributed by atoms with Gasteiger partial charge in [0.2, 0.25) is 0 Å². The van der Waals surface area contributed by atoms with Crippen LogP contribution in [0.1, 0.15) is 49.9 Å². The molecular weight excluding hydrogens is 727 g/mol. The zero-order valence-corrected chi connectivity index (χ0v) is 34.3. The van der Waals surface area contributed by atoms with Gasteiger partial charge in [0.25, 0.3) is 0 Å². The van der Waals surface area contributed by atoms with Crippen LogP contribution in [0.25, 0.3) is 66.4 Å². The van der Waals surface area contributed by atoms with E-state index in [2.05, 4.69) is 221 Å². The summed E-state index contributed by atoms with van der Waals surface area (Å²) in [5.74, 6) is 1.72. The summed E-state index contributed by atoms with van der Waals surface area (Å²) in [4.78, 5) is 2.47. The van der Waals surface area contributed by atoms with Crippen LogP contribution in [0.4, 0.5) is 17.1 Å². The average Bonchev–Trinajstić information content (AvgIpc) is 3.59. The maximum atomic E-state index is 7.17. The smallest absolute Gasteiger partial charge is 0.143 e. The fourth-order valence-electron chi connectivity index (χ4n) is 10.6. The van der Waals surface area contributed by atoms with Gasteiger partial charge in [-0.2, -0.15) is 0 Å². The number of ether oxygens (including phenoxy) is 1. The Morgan fingerprint density at radius 3 is 1.42 bits per heavy atom. The number of para-hydroxylation sites is 1. The molecule has 12 rings (SSSR count). The van der Waals surface area contributed by atoms with Crippen LogP contribution in [0.5, 0.6) is 11.5 Å². The summed E-state index contributed by atoms with van der Waals surface area (Å²) in [6.45, 7) is 9.46. The van der Waals surface area contributed by atoms with E-state index >= 15 is 0 Å². The predicted octanol–water partition coefficient (Wildman–Crippen LogP) is 16.0. The quantitative estimate of drug-likeness (QED) is 0.177. The molecule has 0 saturated heterocycles. The summed E-state index contributed by atoms with van der Waals surface area (Å²) in [7, 11) is 0. The molecule has 0 radical (unpaired) electrons. The minimum Gasteiger partial charge on any atom is -0.455 e. The summed E-state index contributed by atoms with van der Waals surface area (Å²) < 4.78 is 7.17. The van der Waals surface area contributed by atoms with Crippen molar-refractivity contribution in [3.63, 3.8) is 0 Å². The third kappa shape index (κ3) is 5.01. The van der Waals surface area contributed by atoms with E-state index in [0.29, 0.717) is 0 Å². The van der Waals surface area contributed by atoms with Gasteiger partial charge in [-0.25, -0.2) is 0 Å². The zero-order valence-electron chi connectivity index (χ0n) is 34.3. The highest BCUT2D eigenvalue weighted by molar-refractivity contribution is 6.02. The second kappa shape index (κ2) is 12.7. The summed E-state index contributed by atoms with van der Waals surface area (Å²) in [6, 6.07) is 69.3. The highest BCUT2D eigenvalue weighted by Crippen LogP contribution is 2.55. The third-order valence-electron chi connectivity index (χ3n) is 13.6. The second-order valence-corrected chi connectivity index (χ2v) is 17.7. The summed E-state index contributed by atoms with van der Waals surface area (Å²) >= 11 is 0. The lowest BCUT2D eigenvalue weighted by molar-refractivity contribution is 0.489. The molecule has 9 aromatic carbocycles. The first-order valence-corrected chi connectivity index (χ1v) is 21.1. The highest BCUT2D eigenvalue weighted by atomic mass is 16.5. The van der Waals surface area contributed by atoms with Crippen LogP contribution in [-0.2, 0) is 10.8 Å². The molecule has 1 heterocycles. The van der Waals surface area contributed by atoms with Gasteiger partial charge in [0.15, 0.2) is 0 Å². The number of anilines is 3. The van der Waals surface area contributed by atoms with Gasteiger partial charge >= 0.3 is 0 Å². The molecule has 2 aliphatic carbocycles. The van der Waals surface area contributed by atoms with E-state index in [0.717, 1.165) is 61.9 Å². The van der Waals surface area contributed by atoms with Gasteiger partial charge in [0, 0.05) is 44.6 Å². The number of hydrogen-bond donors (Lipinski definition) is 0. The topological polar surface area (TPSA) is 12.5 Å². The fraction of sp³-hybridized carbons (Fsp3) is 0.103. The number of rotatable bonds is 4. The largest absolute Gasteiger partial charge is 0.455 e. The predicted molar refractivity (Wildman–Crippen MR) is 250 cm³/mol. The Morgan fingerprint density at radius 1 is 0.333 bits per heavy atom. The lowest BCUT2D eigenvalue weighted by atomic mass is 9.82. The molecule has 60 heavy (non-hydrogen) atoms. The lowest BCUT2D eigenvalue weighted by Crippen LogP contribution is -2.18. The molecule has 1 aliphatic heterocycles. The molecule has 9 aromatic rings. The van der Waals surface area contributed by atoms with Gasteiger partial charge < -0.3 is 9.64 Å². The van der Waals surface area contributed by atoms with Crippen molar-refractivity contribution in [2.75, 3.05) is 4.90 Å². The van der Waals surface area contributed by atoms with E-state index in [1.165, 1.54) is 55.3 Å². The molecule has 0 spiro atoms. The normalized spacial score (nSPS) is 14.4. The van der Waals surface area contributed by atoms with Crippen LogP contribution in [0.15, 0.2) is 188 Å². The van der Waals surface area contributed by atoms with Gasteiger partial charge in [0.05, 0.1) is 0 Å². The van der Waals surface area contributed by atoms with Crippen LogP contribution in [0.2, 0.25) is 0 Å². The SMILES string of the molecule is CC1(C)c2ccccc2-c2ccc(N(c3ccc4c(c3)-c3cc5ccccc5cc3-c3cccc(-c5ccccc5)c3O4)c3ccc4c(c3)C(C)(C)c3ccccc3-4)cc21. The maximum absolute atomic E-state index is 7.17. The summed E-state index contributed by atoms with van der Waals surface area (Å²) in [5, 5.41) is 2.41. The average molecular weight is 770 g/mol. The van der Waals surface area contributed by atoms with Crippen molar-refractivity contribution < 1.29 is 4.74 Å². The van der Waals surface area contributed by atoms with Gasteiger partial charge in [-0.1, -0.05) is 161 Å². The number of nitrogens with zero attached hydrogens (tertiary/aromatic N) is 1. The van der Waals surface area contributed by atoms with Crippen molar-refractivity contribution in [3.05, 3.63) is 210 Å². The molecule has 0 aromatic heterocycles. The molecule has 2 heteroatoms. The van der Waals surface area contributed by atoms with E-state index < -0.39 is 0 Å². The Kier molecular flexibility index (Phi) is 7.36. The molecule has 3 aliphatic rings. The molecule has 0 bridgehead atoms. The number of fused-ring (bicyclic) bond motifs is 12. The molecule has 286 valence electrons. The first kappa shape index (κ1) is 34.8. The van der Waals surface area contributed by atoms with E-state index in [1.807, 2.05) is 0 Å². The molecule has 0 fully saturated rings. The van der Waals surface area contributed by atoms with Crippen LogP contribution >= 0.6 is 0 Å². The fourth-order valence-corrected chi connectivity index (χ4v) is 10.6. The van der Waals surface area contributed by atoms with E-state index in [4.69, 9.17) is 4.74 Å². The van der Waals surface area contributed by atoms with Crippen LogP contribution < -0.4 is 9.64 Å². The standard InChI is InChI=1S/C58H43NO/c1-57(2)51-23-12-10-19-43(51)45-28-25-40(34-53(45)57)59(41-26-29-46-44-20-11-13-24-52(44)58(3,4)54(46)35-41)39-27-30-55-50(33-39)49-32-38-18-9-8-17-37(38)31-48(49)47-22-14-21-42(56(47)60-55)36-15-6-5-7-16-36/h5-35H,1-4H3.